The number of nitrogens with zero attached hydrogens (tertiary/aromatic N) is 1. The summed E-state index contributed by atoms with van der Waals surface area (Å²) in [4.78, 5) is 3.25. The first-order valence-electron chi connectivity index (χ1n) is 20.7. The van der Waals surface area contributed by atoms with E-state index in [2.05, 4.69) is 201 Å². The van der Waals surface area contributed by atoms with Crippen LogP contribution in [0.25, 0.3) is 94.1 Å². The van der Waals surface area contributed by atoms with Crippen molar-refractivity contribution in [3.05, 3.63) is 223 Å². The molecule has 3 heteroatoms. The highest BCUT2D eigenvalue weighted by Crippen LogP contribution is 2.44. The fraction of sp³-hybridized carbons (Fsp3) is 0.0517. The second-order valence-corrected chi connectivity index (χ2v) is 15.5. The third kappa shape index (κ3) is 6.43. The van der Waals surface area contributed by atoms with Crippen LogP contribution in [-0.2, 0) is 0 Å². The van der Waals surface area contributed by atoms with Gasteiger partial charge in [-0.1, -0.05) is 171 Å². The number of rotatable bonds is 7. The Balaban J connectivity index is 0.00000144. The van der Waals surface area contributed by atoms with Crippen molar-refractivity contribution in [2.45, 2.75) is 12.3 Å². The van der Waals surface area contributed by atoms with Crippen molar-refractivity contribution in [2.24, 2.45) is 4.99 Å². The van der Waals surface area contributed by atoms with Crippen LogP contribution in [0.1, 0.15) is 40.4 Å². The monoisotopic (exact) mass is 785 g/mol. The largest absolute Gasteiger partial charge is 0.456 e. The normalized spacial score (nSPS) is 13.2. The molecule has 8 aromatic carbocycles. The van der Waals surface area contributed by atoms with E-state index in [4.69, 9.17) is 8.83 Å². The van der Waals surface area contributed by atoms with Crippen LogP contribution in [0, 0.1) is 0 Å². The van der Waals surface area contributed by atoms with Crippen LogP contribution in [0.5, 0.6) is 0 Å². The van der Waals surface area contributed by atoms with E-state index < -0.39 is 0 Å². The average Bonchev–Trinajstić information content (AvgIpc) is 3.78. The highest BCUT2D eigenvalue weighted by molar-refractivity contribution is 6.26. The highest BCUT2D eigenvalue weighted by Gasteiger charge is 2.25. The predicted octanol–water partition coefficient (Wildman–Crippen LogP) is 16.2. The minimum atomic E-state index is -0.0747. The van der Waals surface area contributed by atoms with Crippen molar-refractivity contribution in [2.75, 3.05) is 7.05 Å². The van der Waals surface area contributed by atoms with Gasteiger partial charge in [-0.2, -0.15) is 0 Å². The Kier molecular flexibility index (Phi) is 9.71. The number of benzene rings is 8. The SMILES string of the molecule is C=Cc1oc2c(C(C3=CCC=CC(c4cccc5oc6ccc(-c7ccc8c9ccccc9c9ccccc9c8c7)cc6c45)=C3)c3ccccc3)cccc2c1C=C.C=NC. The zero-order valence-electron chi connectivity index (χ0n) is 34.1. The average molecular weight is 786 g/mol. The smallest absolute Gasteiger partial charge is 0.139 e. The molecule has 61 heavy (non-hydrogen) atoms. The summed E-state index contributed by atoms with van der Waals surface area (Å²) in [7, 11) is 1.64. The van der Waals surface area contributed by atoms with Gasteiger partial charge >= 0.3 is 0 Å². The van der Waals surface area contributed by atoms with E-state index >= 15 is 0 Å². The summed E-state index contributed by atoms with van der Waals surface area (Å²) in [5.41, 5.74) is 11.7. The van der Waals surface area contributed by atoms with Crippen LogP contribution in [0.2, 0.25) is 0 Å². The molecule has 3 nitrogen and oxygen atoms in total. The minimum absolute atomic E-state index is 0.0747. The van der Waals surface area contributed by atoms with Crippen LogP contribution in [0.15, 0.2) is 209 Å². The lowest BCUT2D eigenvalue weighted by Crippen LogP contribution is -2.05. The molecule has 0 fully saturated rings. The Labute approximate surface area is 355 Å². The van der Waals surface area contributed by atoms with E-state index in [9.17, 15) is 0 Å². The summed E-state index contributed by atoms with van der Waals surface area (Å²) in [5.74, 6) is 0.662. The molecule has 2 heterocycles. The number of aliphatic imine (C=N–C) groups is 1. The van der Waals surface area contributed by atoms with E-state index in [1.165, 1.54) is 49.0 Å². The van der Waals surface area contributed by atoms with Gasteiger partial charge in [-0.15, -0.1) is 0 Å². The summed E-state index contributed by atoms with van der Waals surface area (Å²) in [5, 5.41) is 10.9. The molecular formula is C58H43NO2. The van der Waals surface area contributed by atoms with Crippen molar-refractivity contribution in [3.63, 3.8) is 0 Å². The molecule has 10 aromatic rings. The lowest BCUT2D eigenvalue weighted by Gasteiger charge is -2.21. The Morgan fingerprint density at radius 1 is 0.590 bits per heavy atom. The molecule has 0 N–H and O–H groups in total. The van der Waals surface area contributed by atoms with E-state index in [-0.39, 0.29) is 5.92 Å². The highest BCUT2D eigenvalue weighted by atomic mass is 16.3. The Morgan fingerprint density at radius 2 is 1.21 bits per heavy atom. The first-order chi connectivity index (χ1) is 30.1. The van der Waals surface area contributed by atoms with Gasteiger partial charge in [-0.05, 0) is 109 Å². The molecule has 292 valence electrons. The van der Waals surface area contributed by atoms with E-state index in [1.54, 1.807) is 13.1 Å². The number of para-hydroxylation sites is 1. The Morgan fingerprint density at radius 3 is 1.92 bits per heavy atom. The second kappa shape index (κ2) is 15.8. The molecule has 0 aliphatic heterocycles. The second-order valence-electron chi connectivity index (χ2n) is 15.5. The quantitative estimate of drug-likeness (QED) is 0.119. The molecule has 1 atom stereocenters. The van der Waals surface area contributed by atoms with Gasteiger partial charge in [0, 0.05) is 40.3 Å². The molecule has 1 unspecified atom stereocenters. The van der Waals surface area contributed by atoms with Crippen molar-refractivity contribution in [3.8, 4) is 11.1 Å². The number of fused-ring (bicyclic) bond motifs is 10. The van der Waals surface area contributed by atoms with Gasteiger partial charge in [-0.25, -0.2) is 0 Å². The zero-order chi connectivity index (χ0) is 41.5. The van der Waals surface area contributed by atoms with Gasteiger partial charge in [0.25, 0.3) is 0 Å². The van der Waals surface area contributed by atoms with Crippen molar-refractivity contribution in [1.82, 2.24) is 0 Å². The summed E-state index contributed by atoms with van der Waals surface area (Å²) in [6.45, 7) is 11.2. The van der Waals surface area contributed by atoms with Gasteiger partial charge in [0.1, 0.15) is 22.5 Å². The van der Waals surface area contributed by atoms with Crippen LogP contribution in [0.4, 0.5) is 0 Å². The number of hydrogen-bond acceptors (Lipinski definition) is 3. The van der Waals surface area contributed by atoms with Gasteiger partial charge in [0.15, 0.2) is 0 Å². The fourth-order valence-corrected chi connectivity index (χ4v) is 9.35. The minimum Gasteiger partial charge on any atom is -0.456 e. The zero-order valence-corrected chi connectivity index (χ0v) is 34.1. The van der Waals surface area contributed by atoms with Crippen LogP contribution in [0.3, 0.4) is 0 Å². The molecule has 0 amide bonds. The Hall–Kier alpha value is -7.75. The maximum absolute atomic E-state index is 6.58. The molecule has 0 saturated heterocycles. The lowest BCUT2D eigenvalue weighted by molar-refractivity contribution is 0.598. The van der Waals surface area contributed by atoms with Crippen LogP contribution >= 0.6 is 0 Å². The fourth-order valence-electron chi connectivity index (χ4n) is 9.35. The molecule has 0 spiro atoms. The molecule has 1 aliphatic rings. The summed E-state index contributed by atoms with van der Waals surface area (Å²) < 4.78 is 13.1. The van der Waals surface area contributed by atoms with Crippen molar-refractivity contribution >= 4 is 89.7 Å². The first kappa shape index (κ1) is 37.5. The maximum Gasteiger partial charge on any atom is 0.139 e. The Bertz CT molecular complexity index is 3430. The molecule has 11 rings (SSSR count). The van der Waals surface area contributed by atoms with Crippen LogP contribution < -0.4 is 0 Å². The molecule has 0 radical (unpaired) electrons. The number of hydrogen-bond donors (Lipinski definition) is 0. The molecule has 1 aliphatic carbocycles. The standard InChI is InChI=1S/C56H38O2.C2H5N/c1-3-40-47-25-14-26-48(56(47)58-51(40)4-2)54(35-16-6-5-7-17-35)39-19-9-8-18-38(32-39)41-24-15-27-53-55(41)50-34-37(29-31-52(50)57-53)36-28-30-46-44-22-11-10-20-42(44)43-21-12-13-23-45(43)49(46)33-36;1-3-2/h3-8,10-34,54H,1-2,9H2;1H2,2H3. The van der Waals surface area contributed by atoms with Gasteiger partial charge in [0.05, 0.1) is 0 Å². The summed E-state index contributed by atoms with van der Waals surface area (Å²) >= 11 is 0. The molecule has 2 aromatic heterocycles. The third-order valence-corrected chi connectivity index (χ3v) is 12.0. The van der Waals surface area contributed by atoms with Crippen LogP contribution in [-0.4, -0.2) is 13.8 Å². The predicted molar refractivity (Wildman–Crippen MR) is 262 cm³/mol. The van der Waals surface area contributed by atoms with E-state index in [0.717, 1.165) is 72.9 Å². The molecular weight excluding hydrogens is 743 g/mol. The van der Waals surface area contributed by atoms with E-state index in [0.29, 0.717) is 0 Å². The van der Waals surface area contributed by atoms with Crippen molar-refractivity contribution in [1.29, 1.82) is 0 Å². The lowest BCUT2D eigenvalue weighted by atomic mass is 9.82. The molecule has 0 bridgehead atoms. The maximum atomic E-state index is 6.58. The molecule has 0 saturated carbocycles. The van der Waals surface area contributed by atoms with Crippen molar-refractivity contribution < 1.29 is 8.83 Å². The van der Waals surface area contributed by atoms with Gasteiger partial charge < -0.3 is 13.8 Å². The summed E-state index contributed by atoms with van der Waals surface area (Å²) in [6, 6.07) is 54.6. The number of allylic oxidation sites excluding steroid dienone is 6. The first-order valence-corrected chi connectivity index (χ1v) is 20.7. The van der Waals surface area contributed by atoms with E-state index in [1.807, 2.05) is 6.08 Å². The summed E-state index contributed by atoms with van der Waals surface area (Å²) in [6.07, 6.45) is 13.7. The number of furan rings is 2. The third-order valence-electron chi connectivity index (χ3n) is 12.0. The topological polar surface area (TPSA) is 38.6 Å². The van der Waals surface area contributed by atoms with Gasteiger partial charge in [0.2, 0.25) is 0 Å². The van der Waals surface area contributed by atoms with Gasteiger partial charge in [-0.3, -0.25) is 0 Å².